The molecule has 1 aromatic carbocycles. The lowest BCUT2D eigenvalue weighted by Crippen LogP contribution is -2.15. The molecule has 56 heavy (non-hydrogen) atoms. The molecule has 0 saturated carbocycles. The third kappa shape index (κ3) is 40.6. The maximum absolute atomic E-state index is 5.83. The van der Waals surface area contributed by atoms with Crippen molar-refractivity contribution in [2.24, 2.45) is 0 Å². The number of unbranched alkanes of at least 4 members (excludes halogenated alkanes) is 15. The van der Waals surface area contributed by atoms with Crippen molar-refractivity contribution >= 4 is 5.69 Å². The van der Waals surface area contributed by atoms with E-state index in [1.165, 1.54) is 96.3 Å². The molecule has 0 amide bonds. The molecule has 0 unspecified atom stereocenters. The van der Waals surface area contributed by atoms with Crippen molar-refractivity contribution in [2.75, 3.05) is 144 Å². The molecule has 0 aliphatic rings. The minimum Gasteiger partial charge on any atom is -0.489 e. The zero-order chi connectivity index (χ0) is 39.9. The third-order valence-corrected chi connectivity index (χ3v) is 8.89. The van der Waals surface area contributed by atoms with E-state index in [-0.39, 0.29) is 0 Å². The van der Waals surface area contributed by atoms with Crippen molar-refractivity contribution in [3.8, 4) is 5.75 Å². The minimum atomic E-state index is 0.441. The fraction of sp³-hybridized carbons (Fsp3) is 0.864. The Kier molecular flexibility index (Phi) is 43.2. The summed E-state index contributed by atoms with van der Waals surface area (Å²) in [6.07, 6.45) is 22.2. The van der Waals surface area contributed by atoms with Gasteiger partial charge in [0.05, 0.1) is 131 Å². The molecule has 12 nitrogen and oxygen atoms in total. The summed E-state index contributed by atoms with van der Waals surface area (Å²) >= 11 is 0. The van der Waals surface area contributed by atoms with E-state index >= 15 is 0 Å². The van der Waals surface area contributed by atoms with Crippen LogP contribution < -0.4 is 10.5 Å². The van der Waals surface area contributed by atoms with Gasteiger partial charge in [-0.05, 0) is 18.6 Å². The van der Waals surface area contributed by atoms with Gasteiger partial charge in [-0.1, -0.05) is 115 Å². The van der Waals surface area contributed by atoms with Crippen LogP contribution in [-0.4, -0.2) is 139 Å². The second kappa shape index (κ2) is 46.1. The molecule has 0 aliphatic carbocycles. The maximum Gasteiger partial charge on any atom is 0.142 e. The first-order valence-electron chi connectivity index (χ1n) is 22.1. The van der Waals surface area contributed by atoms with Crippen molar-refractivity contribution < 1.29 is 52.1 Å². The Hall–Kier alpha value is -1.58. The highest BCUT2D eigenvalue weighted by molar-refractivity contribution is 5.51. The summed E-state index contributed by atoms with van der Waals surface area (Å²) in [6, 6.07) is 7.40. The molecule has 0 aromatic heterocycles. The summed E-state index contributed by atoms with van der Waals surface area (Å²) in [4.78, 5) is 0. The van der Waals surface area contributed by atoms with Crippen molar-refractivity contribution in [1.82, 2.24) is 0 Å². The second-order valence-corrected chi connectivity index (χ2v) is 13.8. The fourth-order valence-electron chi connectivity index (χ4n) is 5.66. The predicted molar refractivity (Wildman–Crippen MR) is 224 cm³/mol. The number of anilines is 1. The summed E-state index contributed by atoms with van der Waals surface area (Å²) in [5.74, 6) is 0.672. The van der Waals surface area contributed by atoms with Gasteiger partial charge in [0.2, 0.25) is 0 Å². The highest BCUT2D eigenvalue weighted by Crippen LogP contribution is 2.19. The topological polar surface area (TPSA) is 128 Å². The first-order chi connectivity index (χ1) is 27.8. The van der Waals surface area contributed by atoms with Crippen molar-refractivity contribution in [3.05, 3.63) is 24.3 Å². The molecule has 0 spiro atoms. The summed E-state index contributed by atoms with van der Waals surface area (Å²) in [5.41, 5.74) is 6.45. The molecule has 0 heterocycles. The number of rotatable bonds is 48. The van der Waals surface area contributed by atoms with Gasteiger partial charge in [0.1, 0.15) is 12.4 Å². The molecule has 1 aromatic rings. The SMILES string of the molecule is CCCCCCCCCCCCCCCCCCOCCOCCOCCOCCOCCOCCOCCOCCOCCOCCOc1ccccc1N. The highest BCUT2D eigenvalue weighted by atomic mass is 16.6. The van der Waals surface area contributed by atoms with E-state index in [9.17, 15) is 0 Å². The molecule has 0 fully saturated rings. The van der Waals surface area contributed by atoms with Crippen molar-refractivity contribution in [1.29, 1.82) is 0 Å². The number of hydrogen-bond acceptors (Lipinski definition) is 12. The third-order valence-electron chi connectivity index (χ3n) is 8.89. The highest BCUT2D eigenvalue weighted by Gasteiger charge is 2.00. The van der Waals surface area contributed by atoms with Crippen LogP contribution >= 0.6 is 0 Å². The summed E-state index contributed by atoms with van der Waals surface area (Å²) in [5, 5.41) is 0. The van der Waals surface area contributed by atoms with Gasteiger partial charge in [-0.15, -0.1) is 0 Å². The van der Waals surface area contributed by atoms with Crippen LogP contribution in [0.25, 0.3) is 0 Å². The molecular formula is C44H83NO11. The number of nitrogens with two attached hydrogens (primary N) is 1. The number of nitrogen functional groups attached to an aromatic ring is 1. The Morgan fingerprint density at radius 2 is 0.554 bits per heavy atom. The van der Waals surface area contributed by atoms with Gasteiger partial charge in [-0.3, -0.25) is 0 Å². The molecule has 0 aliphatic heterocycles. The standard InChI is InChI=1S/C44H83NO11/c1-2-3-4-5-6-7-8-9-10-11-12-13-14-15-16-19-22-46-23-24-47-25-26-48-27-28-49-29-30-50-31-32-51-33-34-52-35-36-53-37-38-54-39-40-55-41-42-56-44-21-18-17-20-43(44)45/h17-18,20-21H,2-16,19,22-42,45H2,1H3. The van der Waals surface area contributed by atoms with E-state index in [1.807, 2.05) is 18.2 Å². The lowest BCUT2D eigenvalue weighted by atomic mass is 10.0. The summed E-state index contributed by atoms with van der Waals surface area (Å²) < 4.78 is 61.0. The Morgan fingerprint density at radius 1 is 0.304 bits per heavy atom. The van der Waals surface area contributed by atoms with Crippen LogP contribution in [0.4, 0.5) is 5.69 Å². The van der Waals surface area contributed by atoms with E-state index in [2.05, 4.69) is 6.92 Å². The molecule has 2 N–H and O–H groups in total. The molecule has 0 saturated heterocycles. The van der Waals surface area contributed by atoms with Gasteiger partial charge in [0, 0.05) is 6.61 Å². The first-order valence-corrected chi connectivity index (χ1v) is 22.1. The molecule has 1 rings (SSSR count). The monoisotopic (exact) mass is 802 g/mol. The minimum absolute atomic E-state index is 0.441. The molecule has 12 heteroatoms. The van der Waals surface area contributed by atoms with E-state index in [1.54, 1.807) is 6.07 Å². The van der Waals surface area contributed by atoms with Crippen molar-refractivity contribution in [2.45, 2.75) is 110 Å². The average Bonchev–Trinajstić information content (AvgIpc) is 3.21. The molecular weight excluding hydrogens is 718 g/mol. The van der Waals surface area contributed by atoms with Crippen LogP contribution in [0, 0.1) is 0 Å². The quantitative estimate of drug-likeness (QED) is 0.0506. The van der Waals surface area contributed by atoms with Crippen LogP contribution in [0.1, 0.15) is 110 Å². The van der Waals surface area contributed by atoms with Gasteiger partial charge < -0.3 is 57.8 Å². The average molecular weight is 802 g/mol. The second-order valence-electron chi connectivity index (χ2n) is 13.8. The summed E-state index contributed by atoms with van der Waals surface area (Å²) in [7, 11) is 0. The number of hydrogen-bond donors (Lipinski definition) is 1. The smallest absolute Gasteiger partial charge is 0.142 e. The molecule has 0 atom stereocenters. The largest absolute Gasteiger partial charge is 0.489 e. The maximum atomic E-state index is 5.83. The Balaban J connectivity index is 1.61. The zero-order valence-electron chi connectivity index (χ0n) is 35.5. The van der Waals surface area contributed by atoms with Crippen LogP contribution in [0.3, 0.4) is 0 Å². The normalized spacial score (nSPS) is 11.5. The van der Waals surface area contributed by atoms with E-state index < -0.39 is 0 Å². The number of ether oxygens (including phenoxy) is 11. The van der Waals surface area contributed by atoms with Gasteiger partial charge in [-0.2, -0.15) is 0 Å². The first kappa shape index (κ1) is 52.4. The van der Waals surface area contributed by atoms with E-state index in [0.29, 0.717) is 144 Å². The lowest BCUT2D eigenvalue weighted by Gasteiger charge is -2.09. The Labute approximate surface area is 341 Å². The number of benzene rings is 1. The summed E-state index contributed by atoms with van der Waals surface area (Å²) in [6.45, 7) is 13.7. The Morgan fingerprint density at radius 3 is 0.857 bits per heavy atom. The molecule has 330 valence electrons. The fourth-order valence-corrected chi connectivity index (χ4v) is 5.66. The number of para-hydroxylation sites is 2. The van der Waals surface area contributed by atoms with Gasteiger partial charge >= 0.3 is 0 Å². The van der Waals surface area contributed by atoms with E-state index in [4.69, 9.17) is 57.8 Å². The van der Waals surface area contributed by atoms with Gasteiger partial charge in [0.15, 0.2) is 0 Å². The van der Waals surface area contributed by atoms with Crippen LogP contribution in [0.5, 0.6) is 5.75 Å². The lowest BCUT2D eigenvalue weighted by molar-refractivity contribution is -0.0267. The zero-order valence-corrected chi connectivity index (χ0v) is 35.5. The van der Waals surface area contributed by atoms with Crippen LogP contribution in [0.2, 0.25) is 0 Å². The van der Waals surface area contributed by atoms with E-state index in [0.717, 1.165) is 13.0 Å². The van der Waals surface area contributed by atoms with Gasteiger partial charge in [-0.25, -0.2) is 0 Å². The van der Waals surface area contributed by atoms with Crippen molar-refractivity contribution in [3.63, 3.8) is 0 Å². The molecule has 0 radical (unpaired) electrons. The van der Waals surface area contributed by atoms with Crippen LogP contribution in [-0.2, 0) is 47.4 Å². The Bertz CT molecular complexity index is 885. The van der Waals surface area contributed by atoms with Gasteiger partial charge in [0.25, 0.3) is 0 Å². The predicted octanol–water partition coefficient (Wildman–Crippen LogP) is 8.08. The van der Waals surface area contributed by atoms with Crippen LogP contribution in [0.15, 0.2) is 24.3 Å². The molecule has 0 bridgehead atoms.